The van der Waals surface area contributed by atoms with Crippen LogP contribution >= 0.6 is 0 Å². The van der Waals surface area contributed by atoms with Crippen molar-refractivity contribution in [2.45, 2.75) is 44.1 Å². The number of aliphatic hydroxyl groups is 1. The summed E-state index contributed by atoms with van der Waals surface area (Å²) < 4.78 is 0. The Hall–Kier alpha value is -1.51. The molecule has 1 aliphatic carbocycles. The summed E-state index contributed by atoms with van der Waals surface area (Å²) in [5.41, 5.74) is 8.62. The highest BCUT2D eigenvalue weighted by Crippen LogP contribution is 2.45. The maximum absolute atomic E-state index is 10.9. The van der Waals surface area contributed by atoms with Crippen molar-refractivity contribution in [1.82, 2.24) is 0 Å². The van der Waals surface area contributed by atoms with E-state index in [9.17, 15) is 5.11 Å². The minimum absolute atomic E-state index is 0.334. The lowest BCUT2D eigenvalue weighted by atomic mass is 9.81. The number of unbranched alkanes of at least 4 members (excludes halogenated alkanes) is 1. The van der Waals surface area contributed by atoms with Gasteiger partial charge in [-0.15, -0.1) is 0 Å². The first kappa shape index (κ1) is 13.9. The van der Waals surface area contributed by atoms with Gasteiger partial charge in [0.25, 0.3) is 0 Å². The van der Waals surface area contributed by atoms with Crippen molar-refractivity contribution in [3.63, 3.8) is 0 Å². The van der Waals surface area contributed by atoms with Gasteiger partial charge in [-0.1, -0.05) is 41.9 Å². The second-order valence-electron chi connectivity index (χ2n) is 5.33. The van der Waals surface area contributed by atoms with E-state index in [1.807, 2.05) is 30.3 Å². The van der Waals surface area contributed by atoms with E-state index in [1.54, 1.807) is 0 Å². The molecule has 4 nitrogen and oxygen atoms in total. The molecule has 0 unspecified atom stereocenters. The van der Waals surface area contributed by atoms with Crippen LogP contribution in [-0.4, -0.2) is 11.7 Å². The van der Waals surface area contributed by atoms with Crippen molar-refractivity contribution in [2.24, 2.45) is 11.0 Å². The standard InChI is InChI=1S/C15H21N3O/c16-18-17-12-5-4-9-14-10-6-11-15(14,19)13-7-2-1-3-8-13/h1-3,7-8,14,19H,4-6,9-12H2/t14-,15-/m0/s1. The Morgan fingerprint density at radius 2 is 2.11 bits per heavy atom. The predicted molar refractivity (Wildman–Crippen MR) is 75.5 cm³/mol. The average Bonchev–Trinajstić information content (AvgIpc) is 2.82. The number of nitrogens with zero attached hydrogens (tertiary/aromatic N) is 3. The molecule has 102 valence electrons. The maximum Gasteiger partial charge on any atom is 0.0924 e. The highest BCUT2D eigenvalue weighted by Gasteiger charge is 2.41. The monoisotopic (exact) mass is 259 g/mol. The predicted octanol–water partition coefficient (Wildman–Crippen LogP) is 4.15. The molecule has 1 aromatic carbocycles. The molecular weight excluding hydrogens is 238 g/mol. The number of hydrogen-bond donors (Lipinski definition) is 1. The molecule has 1 fully saturated rings. The van der Waals surface area contributed by atoms with Gasteiger partial charge in [0, 0.05) is 11.5 Å². The molecule has 1 N–H and O–H groups in total. The number of benzene rings is 1. The fourth-order valence-electron chi connectivity index (χ4n) is 3.17. The highest BCUT2D eigenvalue weighted by atomic mass is 16.3. The van der Waals surface area contributed by atoms with Crippen molar-refractivity contribution in [1.29, 1.82) is 0 Å². The number of azide groups is 1. The summed E-state index contributed by atoms with van der Waals surface area (Å²) in [6, 6.07) is 10.0. The topological polar surface area (TPSA) is 69.0 Å². The van der Waals surface area contributed by atoms with Gasteiger partial charge in [0.05, 0.1) is 5.60 Å². The molecule has 0 saturated heterocycles. The van der Waals surface area contributed by atoms with Crippen molar-refractivity contribution in [2.75, 3.05) is 6.54 Å². The van der Waals surface area contributed by atoms with Crippen LogP contribution in [0.1, 0.15) is 44.1 Å². The Morgan fingerprint density at radius 1 is 1.32 bits per heavy atom. The van der Waals surface area contributed by atoms with E-state index in [2.05, 4.69) is 10.0 Å². The molecule has 19 heavy (non-hydrogen) atoms. The zero-order valence-electron chi connectivity index (χ0n) is 11.2. The zero-order valence-corrected chi connectivity index (χ0v) is 11.2. The molecule has 0 spiro atoms. The Morgan fingerprint density at radius 3 is 2.84 bits per heavy atom. The number of rotatable bonds is 6. The van der Waals surface area contributed by atoms with Crippen LogP contribution in [0.5, 0.6) is 0 Å². The third kappa shape index (κ3) is 3.28. The molecule has 0 radical (unpaired) electrons. The summed E-state index contributed by atoms with van der Waals surface area (Å²) in [5, 5.41) is 14.5. The first-order valence-corrected chi connectivity index (χ1v) is 7.06. The number of hydrogen-bond acceptors (Lipinski definition) is 2. The Kier molecular flexibility index (Phi) is 4.83. The fourth-order valence-corrected chi connectivity index (χ4v) is 3.17. The molecular formula is C15H21N3O. The van der Waals surface area contributed by atoms with E-state index in [0.29, 0.717) is 12.5 Å². The highest BCUT2D eigenvalue weighted by molar-refractivity contribution is 5.24. The second kappa shape index (κ2) is 6.60. The Bertz CT molecular complexity index is 442. The summed E-state index contributed by atoms with van der Waals surface area (Å²) in [6.45, 7) is 0.562. The molecule has 0 bridgehead atoms. The van der Waals surface area contributed by atoms with Crippen LogP contribution < -0.4 is 0 Å². The summed E-state index contributed by atoms with van der Waals surface area (Å²) in [6.07, 6.45) is 5.97. The normalized spacial score (nSPS) is 26.1. The lowest BCUT2D eigenvalue weighted by Gasteiger charge is -2.31. The van der Waals surface area contributed by atoms with Crippen LogP contribution in [0.25, 0.3) is 10.4 Å². The van der Waals surface area contributed by atoms with Crippen LogP contribution in [0.4, 0.5) is 0 Å². The fraction of sp³-hybridized carbons (Fsp3) is 0.600. The van der Waals surface area contributed by atoms with Crippen LogP contribution in [0.2, 0.25) is 0 Å². The zero-order chi connectivity index (χ0) is 13.6. The minimum atomic E-state index is -0.653. The van der Waals surface area contributed by atoms with E-state index >= 15 is 0 Å². The molecule has 4 heteroatoms. The quantitative estimate of drug-likeness (QED) is 0.354. The summed E-state index contributed by atoms with van der Waals surface area (Å²) in [5.74, 6) is 0.334. The second-order valence-corrected chi connectivity index (χ2v) is 5.33. The van der Waals surface area contributed by atoms with Gasteiger partial charge >= 0.3 is 0 Å². The van der Waals surface area contributed by atoms with Gasteiger partial charge in [-0.25, -0.2) is 0 Å². The summed E-state index contributed by atoms with van der Waals surface area (Å²) in [7, 11) is 0. The molecule has 2 rings (SSSR count). The third-order valence-electron chi connectivity index (χ3n) is 4.18. The molecule has 0 aromatic heterocycles. The smallest absolute Gasteiger partial charge is 0.0924 e. The average molecular weight is 259 g/mol. The van der Waals surface area contributed by atoms with Crippen LogP contribution in [0, 0.1) is 5.92 Å². The summed E-state index contributed by atoms with van der Waals surface area (Å²) >= 11 is 0. The van der Waals surface area contributed by atoms with Crippen molar-refractivity contribution >= 4 is 0 Å². The Labute approximate surface area is 114 Å². The van der Waals surface area contributed by atoms with Crippen LogP contribution in [0.15, 0.2) is 35.4 Å². The van der Waals surface area contributed by atoms with E-state index in [1.165, 1.54) is 0 Å². The molecule has 1 aromatic rings. The van der Waals surface area contributed by atoms with Gasteiger partial charge in [0.1, 0.15) is 0 Å². The van der Waals surface area contributed by atoms with E-state index in [4.69, 9.17) is 5.53 Å². The first-order valence-electron chi connectivity index (χ1n) is 7.06. The van der Waals surface area contributed by atoms with E-state index in [0.717, 1.165) is 44.1 Å². The SMILES string of the molecule is [N-]=[N+]=NCCCC[C@H]1CCC[C@]1(O)c1ccccc1. The van der Waals surface area contributed by atoms with Crippen molar-refractivity contribution < 1.29 is 5.11 Å². The van der Waals surface area contributed by atoms with Gasteiger partial charge in [-0.05, 0) is 49.1 Å². The molecule has 0 amide bonds. The van der Waals surface area contributed by atoms with Crippen LogP contribution in [0.3, 0.4) is 0 Å². The van der Waals surface area contributed by atoms with E-state index in [-0.39, 0.29) is 0 Å². The molecule has 0 heterocycles. The lowest BCUT2D eigenvalue weighted by Crippen LogP contribution is -2.30. The van der Waals surface area contributed by atoms with Gasteiger partial charge in [-0.2, -0.15) is 0 Å². The molecule has 1 saturated carbocycles. The maximum atomic E-state index is 10.9. The van der Waals surface area contributed by atoms with Gasteiger partial charge in [0.2, 0.25) is 0 Å². The third-order valence-corrected chi connectivity index (χ3v) is 4.18. The van der Waals surface area contributed by atoms with Gasteiger partial charge in [0.15, 0.2) is 0 Å². The molecule has 2 atom stereocenters. The molecule has 1 aliphatic rings. The first-order chi connectivity index (χ1) is 9.27. The van der Waals surface area contributed by atoms with Gasteiger partial charge < -0.3 is 5.11 Å². The molecule has 0 aliphatic heterocycles. The van der Waals surface area contributed by atoms with Crippen molar-refractivity contribution in [3.8, 4) is 0 Å². The van der Waals surface area contributed by atoms with E-state index < -0.39 is 5.60 Å². The van der Waals surface area contributed by atoms with Crippen molar-refractivity contribution in [3.05, 3.63) is 46.3 Å². The summed E-state index contributed by atoms with van der Waals surface area (Å²) in [4.78, 5) is 2.76. The lowest BCUT2D eigenvalue weighted by molar-refractivity contribution is -0.00646. The largest absolute Gasteiger partial charge is 0.385 e. The van der Waals surface area contributed by atoms with Crippen LogP contribution in [-0.2, 0) is 5.60 Å². The Balaban J connectivity index is 1.94. The minimum Gasteiger partial charge on any atom is -0.385 e. The van der Waals surface area contributed by atoms with Gasteiger partial charge in [-0.3, -0.25) is 0 Å².